The zero-order valence-electron chi connectivity index (χ0n) is 24.9. The molecule has 2 amide bonds. The first-order valence-corrected chi connectivity index (χ1v) is 13.8. The molecule has 226 valence electrons. The maximum Gasteiger partial charge on any atom is 0.246 e. The van der Waals surface area contributed by atoms with Crippen molar-refractivity contribution in [3.05, 3.63) is 77.6 Å². The molecule has 0 atom stereocenters. The number of aromatic hydroxyl groups is 1. The molecule has 0 radical (unpaired) electrons. The number of ether oxygens (including phenoxy) is 1. The molecule has 1 saturated heterocycles. The Kier molecular flexibility index (Phi) is 9.43. The molecule has 0 aliphatic carbocycles. The Balaban J connectivity index is 2.04. The van der Waals surface area contributed by atoms with Gasteiger partial charge in [0.1, 0.15) is 17.4 Å². The van der Waals surface area contributed by atoms with Gasteiger partial charge in [0, 0.05) is 45.0 Å². The zero-order valence-corrected chi connectivity index (χ0v) is 24.9. The number of carbonyl (C=O) groups excluding carboxylic acids is 2. The van der Waals surface area contributed by atoms with Gasteiger partial charge in [-0.15, -0.1) is 0 Å². The first-order valence-electron chi connectivity index (χ1n) is 13.8. The van der Waals surface area contributed by atoms with Crippen LogP contribution in [0.2, 0.25) is 0 Å². The number of carbonyl (C=O) groups is 2. The van der Waals surface area contributed by atoms with Gasteiger partial charge in [0.2, 0.25) is 12.3 Å². The molecule has 0 saturated carbocycles. The van der Waals surface area contributed by atoms with Gasteiger partial charge < -0.3 is 24.5 Å². The standard InChI is InChI=1S/C32H35F2N5O4/c1-7-25(42)38-13-15-39(16-14-38)32(36-18-40)27-23(37(5)30-20(4)11-12-35-29(30)19(2)3)17-21(28(34)31(27)43-6)26-22(33)9-8-10-24(26)41/h7-12,17-19,41H,1,13-16H2,2-6H3/b36-32+. The molecule has 1 aliphatic rings. The predicted octanol–water partition coefficient (Wildman–Crippen LogP) is 5.17. The van der Waals surface area contributed by atoms with E-state index in [0.29, 0.717) is 38.3 Å². The smallest absolute Gasteiger partial charge is 0.246 e. The van der Waals surface area contributed by atoms with Gasteiger partial charge in [-0.2, -0.15) is 4.99 Å². The number of hydrogen-bond acceptors (Lipinski definition) is 6. The van der Waals surface area contributed by atoms with E-state index in [2.05, 4.69) is 16.6 Å². The van der Waals surface area contributed by atoms with Crippen molar-refractivity contribution in [3.8, 4) is 22.6 Å². The Labute approximate surface area is 249 Å². The lowest BCUT2D eigenvalue weighted by atomic mass is 9.96. The van der Waals surface area contributed by atoms with Crippen LogP contribution in [0, 0.1) is 18.6 Å². The molecule has 43 heavy (non-hydrogen) atoms. The average Bonchev–Trinajstić information content (AvgIpc) is 2.99. The summed E-state index contributed by atoms with van der Waals surface area (Å²) < 4.78 is 37.2. The molecule has 9 nitrogen and oxygen atoms in total. The minimum atomic E-state index is -0.943. The first-order chi connectivity index (χ1) is 20.5. The van der Waals surface area contributed by atoms with Crippen LogP contribution in [0.3, 0.4) is 0 Å². The summed E-state index contributed by atoms with van der Waals surface area (Å²) in [5.41, 5.74) is 2.26. The van der Waals surface area contributed by atoms with Gasteiger partial charge >= 0.3 is 0 Å². The molecule has 0 unspecified atom stereocenters. The molecule has 3 aromatic rings. The van der Waals surface area contributed by atoms with E-state index in [1.54, 1.807) is 27.9 Å². The van der Waals surface area contributed by atoms with Crippen molar-refractivity contribution in [2.75, 3.05) is 45.2 Å². The topological polar surface area (TPSA) is 98.6 Å². The summed E-state index contributed by atoms with van der Waals surface area (Å²) in [4.78, 5) is 38.0. The summed E-state index contributed by atoms with van der Waals surface area (Å²) in [6.07, 6.45) is 3.31. The third-order valence-electron chi connectivity index (χ3n) is 7.53. The van der Waals surface area contributed by atoms with E-state index in [1.165, 1.54) is 31.4 Å². The maximum atomic E-state index is 16.4. The number of anilines is 2. The fourth-order valence-corrected chi connectivity index (χ4v) is 5.43. The molecule has 1 aromatic heterocycles. The zero-order chi connectivity index (χ0) is 31.4. The third-order valence-corrected chi connectivity index (χ3v) is 7.53. The molecule has 11 heteroatoms. The highest BCUT2D eigenvalue weighted by Crippen LogP contribution is 2.45. The molecular formula is C32H35F2N5O4. The predicted molar refractivity (Wildman–Crippen MR) is 162 cm³/mol. The number of phenols is 1. The summed E-state index contributed by atoms with van der Waals surface area (Å²) in [5.74, 6) is -2.60. The van der Waals surface area contributed by atoms with Gasteiger partial charge in [-0.05, 0) is 48.7 Å². The van der Waals surface area contributed by atoms with Crippen molar-refractivity contribution in [2.45, 2.75) is 26.7 Å². The lowest BCUT2D eigenvalue weighted by Gasteiger charge is -2.37. The van der Waals surface area contributed by atoms with Crippen molar-refractivity contribution in [1.29, 1.82) is 0 Å². The number of aromatic nitrogens is 1. The number of phenolic OH excluding ortho intramolecular Hbond substituents is 1. The molecule has 0 bridgehead atoms. The minimum Gasteiger partial charge on any atom is -0.507 e. The van der Waals surface area contributed by atoms with Crippen LogP contribution >= 0.6 is 0 Å². The van der Waals surface area contributed by atoms with Crippen LogP contribution in [-0.2, 0) is 9.59 Å². The van der Waals surface area contributed by atoms with E-state index in [1.807, 2.05) is 26.8 Å². The van der Waals surface area contributed by atoms with Crippen LogP contribution in [0.25, 0.3) is 11.1 Å². The largest absolute Gasteiger partial charge is 0.507 e. The normalized spacial score (nSPS) is 13.7. The van der Waals surface area contributed by atoms with Crippen LogP contribution in [0.15, 0.2) is 54.2 Å². The van der Waals surface area contributed by atoms with Gasteiger partial charge in [0.25, 0.3) is 0 Å². The number of hydrogen-bond donors (Lipinski definition) is 1. The van der Waals surface area contributed by atoms with E-state index < -0.39 is 17.4 Å². The van der Waals surface area contributed by atoms with Crippen molar-refractivity contribution >= 4 is 29.5 Å². The fraction of sp³-hybridized carbons (Fsp3) is 0.312. The van der Waals surface area contributed by atoms with Crippen molar-refractivity contribution in [1.82, 2.24) is 14.8 Å². The molecule has 1 aliphatic heterocycles. The number of halogens is 2. The van der Waals surface area contributed by atoms with Crippen molar-refractivity contribution in [3.63, 3.8) is 0 Å². The lowest BCUT2D eigenvalue weighted by molar-refractivity contribution is -0.127. The van der Waals surface area contributed by atoms with Crippen LogP contribution in [0.5, 0.6) is 11.5 Å². The summed E-state index contributed by atoms with van der Waals surface area (Å²) in [6.45, 7) is 10.7. The van der Waals surface area contributed by atoms with Crippen molar-refractivity contribution in [2.24, 2.45) is 4.99 Å². The Morgan fingerprint density at radius 1 is 1.19 bits per heavy atom. The second-order valence-electron chi connectivity index (χ2n) is 10.4. The van der Waals surface area contributed by atoms with E-state index in [4.69, 9.17) is 4.74 Å². The van der Waals surface area contributed by atoms with Crippen LogP contribution in [0.4, 0.5) is 20.2 Å². The van der Waals surface area contributed by atoms with Crippen LogP contribution in [0.1, 0.15) is 36.6 Å². The maximum absolute atomic E-state index is 16.4. The Bertz CT molecular complexity index is 1560. The van der Waals surface area contributed by atoms with E-state index >= 15 is 8.78 Å². The molecule has 2 aromatic carbocycles. The number of amides is 2. The number of aryl methyl sites for hydroxylation is 1. The summed E-state index contributed by atoms with van der Waals surface area (Å²) in [5, 5.41) is 10.6. The minimum absolute atomic E-state index is 0.0109. The number of rotatable bonds is 8. The van der Waals surface area contributed by atoms with E-state index in [-0.39, 0.29) is 40.1 Å². The molecule has 1 fully saturated rings. The number of benzene rings is 2. The van der Waals surface area contributed by atoms with Crippen molar-refractivity contribution < 1.29 is 28.2 Å². The van der Waals surface area contributed by atoms with Gasteiger partial charge in [-0.25, -0.2) is 8.78 Å². The lowest BCUT2D eigenvalue weighted by Crippen LogP contribution is -2.50. The summed E-state index contributed by atoms with van der Waals surface area (Å²) in [6, 6.07) is 6.98. The molecule has 1 N–H and O–H groups in total. The number of amidine groups is 1. The van der Waals surface area contributed by atoms with Gasteiger partial charge in [0.15, 0.2) is 11.6 Å². The molecule has 2 heterocycles. The van der Waals surface area contributed by atoms with Crippen LogP contribution < -0.4 is 9.64 Å². The second kappa shape index (κ2) is 13.0. The number of aliphatic imine (C=N–C) groups is 1. The van der Waals surface area contributed by atoms with E-state index in [9.17, 15) is 14.7 Å². The number of pyridine rings is 1. The van der Waals surface area contributed by atoms with Gasteiger partial charge in [0.05, 0.1) is 35.3 Å². The van der Waals surface area contributed by atoms with E-state index in [0.717, 1.165) is 23.0 Å². The third kappa shape index (κ3) is 5.93. The van der Waals surface area contributed by atoms with Gasteiger partial charge in [-0.3, -0.25) is 14.6 Å². The highest BCUT2D eigenvalue weighted by molar-refractivity contribution is 6.10. The number of piperazine rings is 1. The quantitative estimate of drug-likeness (QED) is 0.167. The first kappa shape index (κ1) is 31.1. The number of nitrogens with zero attached hydrogens (tertiary/aromatic N) is 5. The molecular weight excluding hydrogens is 556 g/mol. The fourth-order valence-electron chi connectivity index (χ4n) is 5.43. The Morgan fingerprint density at radius 3 is 2.44 bits per heavy atom. The summed E-state index contributed by atoms with van der Waals surface area (Å²) in [7, 11) is 3.03. The monoisotopic (exact) mass is 591 g/mol. The highest BCUT2D eigenvalue weighted by atomic mass is 19.1. The van der Waals surface area contributed by atoms with Crippen LogP contribution in [-0.4, -0.2) is 78.4 Å². The second-order valence-corrected chi connectivity index (χ2v) is 10.4. The number of methoxy groups -OCH3 is 1. The molecule has 4 rings (SSSR count). The van der Waals surface area contributed by atoms with Gasteiger partial charge in [-0.1, -0.05) is 26.5 Å². The molecule has 0 spiro atoms. The SMILES string of the molecule is C=CC(=O)N1CCN(/C(=N/C=O)c2c(N(C)c3c(C)ccnc3C(C)C)cc(-c3c(O)cccc3F)c(F)c2OC)CC1. The Hall–Kier alpha value is -4.80. The average molecular weight is 592 g/mol. The Morgan fingerprint density at radius 2 is 1.86 bits per heavy atom. The summed E-state index contributed by atoms with van der Waals surface area (Å²) >= 11 is 0. The highest BCUT2D eigenvalue weighted by Gasteiger charge is 2.33.